The molecule has 3 N–H and O–H groups in total. The molecule has 1 unspecified atom stereocenters. The standard InChI is InChI=1S/C12H13BrN4/c13-11-4-2-1-3-9(11)7-12(17-14)10-5-6-15-16-8-10/h1-6,8,12,17H,7,14H2. The molecule has 4 nitrogen and oxygen atoms in total. The second-order valence-electron chi connectivity index (χ2n) is 3.69. The van der Waals surface area contributed by atoms with E-state index in [9.17, 15) is 0 Å². The highest BCUT2D eigenvalue weighted by Gasteiger charge is 2.12. The monoisotopic (exact) mass is 292 g/mol. The number of hydrogen-bond acceptors (Lipinski definition) is 4. The second-order valence-corrected chi connectivity index (χ2v) is 4.54. The van der Waals surface area contributed by atoms with Crippen LogP contribution in [-0.2, 0) is 6.42 Å². The van der Waals surface area contributed by atoms with Gasteiger partial charge in [-0.1, -0.05) is 34.1 Å². The molecule has 2 rings (SSSR count). The molecular weight excluding hydrogens is 280 g/mol. The first-order chi connectivity index (χ1) is 8.31. The lowest BCUT2D eigenvalue weighted by molar-refractivity contribution is 0.548. The first-order valence-corrected chi connectivity index (χ1v) is 6.06. The van der Waals surface area contributed by atoms with Crippen LogP contribution >= 0.6 is 15.9 Å². The molecule has 17 heavy (non-hydrogen) atoms. The van der Waals surface area contributed by atoms with Gasteiger partial charge >= 0.3 is 0 Å². The Kier molecular flexibility index (Phi) is 4.19. The summed E-state index contributed by atoms with van der Waals surface area (Å²) in [6.07, 6.45) is 4.19. The summed E-state index contributed by atoms with van der Waals surface area (Å²) in [6.45, 7) is 0. The third-order valence-corrected chi connectivity index (χ3v) is 3.37. The van der Waals surface area contributed by atoms with Crippen LogP contribution in [0.3, 0.4) is 0 Å². The quantitative estimate of drug-likeness (QED) is 0.668. The Balaban J connectivity index is 2.19. The minimum Gasteiger partial charge on any atom is -0.271 e. The van der Waals surface area contributed by atoms with Crippen molar-refractivity contribution in [3.63, 3.8) is 0 Å². The number of nitrogens with zero attached hydrogens (tertiary/aromatic N) is 2. The highest BCUT2D eigenvalue weighted by Crippen LogP contribution is 2.22. The van der Waals surface area contributed by atoms with Gasteiger partial charge in [0.05, 0.1) is 12.2 Å². The van der Waals surface area contributed by atoms with Gasteiger partial charge in [0.1, 0.15) is 0 Å². The van der Waals surface area contributed by atoms with Crippen LogP contribution in [0.4, 0.5) is 0 Å². The molecule has 0 saturated heterocycles. The van der Waals surface area contributed by atoms with Crippen molar-refractivity contribution in [2.24, 2.45) is 5.84 Å². The van der Waals surface area contributed by atoms with Crippen molar-refractivity contribution in [1.29, 1.82) is 0 Å². The normalized spacial score (nSPS) is 12.4. The van der Waals surface area contributed by atoms with Crippen LogP contribution in [0.15, 0.2) is 47.2 Å². The summed E-state index contributed by atoms with van der Waals surface area (Å²) in [7, 11) is 0. The summed E-state index contributed by atoms with van der Waals surface area (Å²) >= 11 is 3.53. The van der Waals surface area contributed by atoms with Crippen molar-refractivity contribution in [2.45, 2.75) is 12.5 Å². The number of nitrogens with one attached hydrogen (secondary N) is 1. The van der Waals surface area contributed by atoms with E-state index in [0.717, 1.165) is 16.5 Å². The molecule has 2 aromatic rings. The number of aromatic nitrogens is 2. The van der Waals surface area contributed by atoms with Gasteiger partial charge in [-0.05, 0) is 29.7 Å². The Morgan fingerprint density at radius 3 is 2.71 bits per heavy atom. The topological polar surface area (TPSA) is 63.8 Å². The van der Waals surface area contributed by atoms with Gasteiger partial charge in [-0.25, -0.2) is 0 Å². The third-order valence-electron chi connectivity index (χ3n) is 2.59. The predicted molar refractivity (Wildman–Crippen MR) is 69.9 cm³/mol. The lowest BCUT2D eigenvalue weighted by atomic mass is 10.0. The SMILES string of the molecule is NNC(Cc1ccccc1Br)c1ccnnc1. The van der Waals surface area contributed by atoms with Gasteiger partial charge in [0, 0.05) is 10.7 Å². The van der Waals surface area contributed by atoms with Crippen molar-refractivity contribution in [3.8, 4) is 0 Å². The van der Waals surface area contributed by atoms with Gasteiger partial charge in [-0.15, -0.1) is 0 Å². The Hall–Kier alpha value is -1.30. The maximum atomic E-state index is 5.59. The van der Waals surface area contributed by atoms with Crippen molar-refractivity contribution in [3.05, 3.63) is 58.3 Å². The molecule has 0 radical (unpaired) electrons. The third kappa shape index (κ3) is 3.09. The summed E-state index contributed by atoms with van der Waals surface area (Å²) < 4.78 is 1.09. The molecule has 1 aromatic heterocycles. The summed E-state index contributed by atoms with van der Waals surface area (Å²) in [6, 6.07) is 10.0. The molecule has 0 fully saturated rings. The van der Waals surface area contributed by atoms with Crippen LogP contribution in [0.2, 0.25) is 0 Å². The van der Waals surface area contributed by atoms with Crippen LogP contribution in [0.1, 0.15) is 17.2 Å². The Morgan fingerprint density at radius 2 is 2.06 bits per heavy atom. The molecule has 0 bridgehead atoms. The fourth-order valence-electron chi connectivity index (χ4n) is 1.66. The zero-order chi connectivity index (χ0) is 12.1. The van der Waals surface area contributed by atoms with Gasteiger partial charge in [0.15, 0.2) is 0 Å². The van der Waals surface area contributed by atoms with Gasteiger partial charge in [0.25, 0.3) is 0 Å². The average molecular weight is 293 g/mol. The number of halogens is 1. The first kappa shape index (κ1) is 12.2. The fourth-order valence-corrected chi connectivity index (χ4v) is 2.11. The molecular formula is C12H13BrN4. The number of hydrazine groups is 1. The molecule has 88 valence electrons. The minimum absolute atomic E-state index is 0.0317. The van der Waals surface area contributed by atoms with Crippen molar-refractivity contribution >= 4 is 15.9 Å². The van der Waals surface area contributed by atoms with E-state index in [0.29, 0.717) is 0 Å². The van der Waals surface area contributed by atoms with Crippen LogP contribution in [0.5, 0.6) is 0 Å². The smallest absolute Gasteiger partial charge is 0.0544 e. The Labute approximate surface area is 108 Å². The molecule has 1 heterocycles. The number of benzene rings is 1. The summed E-state index contributed by atoms with van der Waals surface area (Å²) in [5.41, 5.74) is 5.03. The molecule has 0 aliphatic heterocycles. The van der Waals surface area contributed by atoms with E-state index in [1.807, 2.05) is 24.3 Å². The van der Waals surface area contributed by atoms with Crippen LogP contribution in [-0.4, -0.2) is 10.2 Å². The van der Waals surface area contributed by atoms with Crippen LogP contribution in [0, 0.1) is 0 Å². The van der Waals surface area contributed by atoms with E-state index >= 15 is 0 Å². The molecule has 0 aliphatic rings. The van der Waals surface area contributed by atoms with Crippen LogP contribution < -0.4 is 11.3 Å². The van der Waals surface area contributed by atoms with Crippen molar-refractivity contribution in [1.82, 2.24) is 15.6 Å². The fraction of sp³-hybridized carbons (Fsp3) is 0.167. The molecule has 5 heteroatoms. The summed E-state index contributed by atoms with van der Waals surface area (Å²) in [5, 5.41) is 7.62. The Bertz CT molecular complexity index is 475. The van der Waals surface area contributed by atoms with Gasteiger partial charge in [-0.2, -0.15) is 10.2 Å². The maximum absolute atomic E-state index is 5.59. The molecule has 1 atom stereocenters. The molecule has 0 aliphatic carbocycles. The first-order valence-electron chi connectivity index (χ1n) is 5.27. The van der Waals surface area contributed by atoms with Gasteiger partial charge in [0.2, 0.25) is 0 Å². The number of rotatable bonds is 4. The zero-order valence-electron chi connectivity index (χ0n) is 9.18. The van der Waals surface area contributed by atoms with Crippen LogP contribution in [0.25, 0.3) is 0 Å². The lowest BCUT2D eigenvalue weighted by Gasteiger charge is -2.16. The van der Waals surface area contributed by atoms with Crippen molar-refractivity contribution < 1.29 is 0 Å². The molecule has 0 spiro atoms. The summed E-state index contributed by atoms with van der Waals surface area (Å²) in [5.74, 6) is 5.59. The highest BCUT2D eigenvalue weighted by molar-refractivity contribution is 9.10. The van der Waals surface area contributed by atoms with E-state index in [2.05, 4.69) is 37.6 Å². The zero-order valence-corrected chi connectivity index (χ0v) is 10.8. The Morgan fingerprint density at radius 1 is 1.24 bits per heavy atom. The molecule has 1 aromatic carbocycles. The second kappa shape index (κ2) is 5.86. The van der Waals surface area contributed by atoms with Gasteiger partial charge in [-0.3, -0.25) is 11.3 Å². The highest BCUT2D eigenvalue weighted by atomic mass is 79.9. The average Bonchev–Trinajstić information content (AvgIpc) is 2.39. The predicted octanol–water partition coefficient (Wildman–Crippen LogP) is 1.99. The molecule has 0 amide bonds. The van der Waals surface area contributed by atoms with E-state index in [1.54, 1.807) is 12.4 Å². The van der Waals surface area contributed by atoms with Crippen molar-refractivity contribution in [2.75, 3.05) is 0 Å². The summed E-state index contributed by atoms with van der Waals surface area (Å²) in [4.78, 5) is 0. The minimum atomic E-state index is 0.0317. The van der Waals surface area contributed by atoms with E-state index in [1.165, 1.54) is 5.56 Å². The largest absolute Gasteiger partial charge is 0.271 e. The number of nitrogens with two attached hydrogens (primary N) is 1. The molecule has 0 saturated carbocycles. The van der Waals surface area contributed by atoms with E-state index < -0.39 is 0 Å². The lowest BCUT2D eigenvalue weighted by Crippen LogP contribution is -2.29. The van der Waals surface area contributed by atoms with E-state index in [-0.39, 0.29) is 6.04 Å². The van der Waals surface area contributed by atoms with Gasteiger partial charge < -0.3 is 0 Å². The maximum Gasteiger partial charge on any atom is 0.0544 e. The number of hydrogen-bond donors (Lipinski definition) is 2. The van der Waals surface area contributed by atoms with E-state index in [4.69, 9.17) is 5.84 Å².